The molecule has 0 unspecified atom stereocenters. The van der Waals surface area contributed by atoms with Gasteiger partial charge in [-0.3, -0.25) is 14.5 Å². The summed E-state index contributed by atoms with van der Waals surface area (Å²) < 4.78 is 19.9. The van der Waals surface area contributed by atoms with Crippen molar-refractivity contribution in [2.45, 2.75) is 19.8 Å². The van der Waals surface area contributed by atoms with Crippen LogP contribution in [-0.4, -0.2) is 54.0 Å². The van der Waals surface area contributed by atoms with Gasteiger partial charge in [-0.05, 0) is 29.3 Å². The number of benzene rings is 1. The summed E-state index contributed by atoms with van der Waals surface area (Å²) in [7, 11) is 1.49. The summed E-state index contributed by atoms with van der Waals surface area (Å²) in [5, 5.41) is 3.48. The van der Waals surface area contributed by atoms with Crippen LogP contribution in [0.1, 0.15) is 27.2 Å². The van der Waals surface area contributed by atoms with E-state index in [9.17, 15) is 14.0 Å². The van der Waals surface area contributed by atoms with Gasteiger partial charge < -0.3 is 19.9 Å². The standard InChI is InChI=1S/C23H24FN5O3/c1-25-23(31)18-4-5-20(21(24)26-18)29-8-6-28(7-9-29)11-14-2-3-15-16-12-32-13-17(16)22(30)27-19(15)10-14/h2-5,10H,6-9,11-13H2,1H3,(H,25,31)(H,27,30). The molecule has 0 saturated carbocycles. The fourth-order valence-corrected chi connectivity index (χ4v) is 4.45. The number of hydrogen-bond donors (Lipinski definition) is 2. The maximum Gasteiger partial charge on any atom is 0.269 e. The number of anilines is 1. The van der Waals surface area contributed by atoms with E-state index in [0.29, 0.717) is 32.0 Å². The number of pyridine rings is 2. The minimum atomic E-state index is -0.630. The van der Waals surface area contributed by atoms with Crippen LogP contribution in [0.5, 0.6) is 0 Å². The van der Waals surface area contributed by atoms with Crippen LogP contribution in [0, 0.1) is 5.95 Å². The van der Waals surface area contributed by atoms with Gasteiger partial charge in [-0.1, -0.05) is 12.1 Å². The lowest BCUT2D eigenvalue weighted by Crippen LogP contribution is -2.46. The predicted octanol–water partition coefficient (Wildman–Crippen LogP) is 1.77. The molecule has 32 heavy (non-hydrogen) atoms. The Morgan fingerprint density at radius 3 is 2.69 bits per heavy atom. The van der Waals surface area contributed by atoms with Crippen LogP contribution in [0.2, 0.25) is 0 Å². The van der Waals surface area contributed by atoms with E-state index in [1.54, 1.807) is 12.1 Å². The number of aromatic nitrogens is 2. The lowest BCUT2D eigenvalue weighted by Gasteiger charge is -2.36. The highest BCUT2D eigenvalue weighted by Crippen LogP contribution is 2.26. The average molecular weight is 437 g/mol. The number of halogens is 1. The third-order valence-corrected chi connectivity index (χ3v) is 6.20. The highest BCUT2D eigenvalue weighted by atomic mass is 19.1. The molecule has 0 radical (unpaired) electrons. The van der Waals surface area contributed by atoms with Crippen molar-refractivity contribution in [1.29, 1.82) is 0 Å². The molecule has 0 atom stereocenters. The normalized spacial score (nSPS) is 16.4. The number of fused-ring (bicyclic) bond motifs is 3. The average Bonchev–Trinajstić information content (AvgIpc) is 3.30. The van der Waals surface area contributed by atoms with Gasteiger partial charge >= 0.3 is 0 Å². The Morgan fingerprint density at radius 2 is 1.94 bits per heavy atom. The Morgan fingerprint density at radius 1 is 1.16 bits per heavy atom. The second kappa shape index (κ2) is 8.33. The Balaban J connectivity index is 1.26. The highest BCUT2D eigenvalue weighted by molar-refractivity contribution is 5.92. The Bertz CT molecular complexity index is 1250. The first-order chi connectivity index (χ1) is 15.5. The van der Waals surface area contributed by atoms with Gasteiger partial charge in [0.15, 0.2) is 0 Å². The van der Waals surface area contributed by atoms with Crippen LogP contribution >= 0.6 is 0 Å². The van der Waals surface area contributed by atoms with Crippen molar-refractivity contribution >= 4 is 22.5 Å². The molecule has 2 aliphatic heterocycles. The topological polar surface area (TPSA) is 90.6 Å². The first kappa shape index (κ1) is 20.6. The van der Waals surface area contributed by atoms with Crippen LogP contribution in [0.15, 0.2) is 35.1 Å². The number of hydrogen-bond acceptors (Lipinski definition) is 6. The predicted molar refractivity (Wildman–Crippen MR) is 118 cm³/mol. The zero-order valence-electron chi connectivity index (χ0n) is 17.8. The molecule has 3 aromatic rings. The van der Waals surface area contributed by atoms with Crippen molar-refractivity contribution in [3.8, 4) is 0 Å². The fourth-order valence-electron chi connectivity index (χ4n) is 4.45. The number of H-pyrrole nitrogens is 1. The van der Waals surface area contributed by atoms with Gasteiger partial charge in [0, 0.05) is 56.2 Å². The van der Waals surface area contributed by atoms with E-state index in [4.69, 9.17) is 4.74 Å². The third kappa shape index (κ3) is 3.74. The largest absolute Gasteiger partial charge is 0.372 e. The van der Waals surface area contributed by atoms with E-state index in [1.807, 2.05) is 11.0 Å². The summed E-state index contributed by atoms with van der Waals surface area (Å²) in [6, 6.07) is 9.33. The van der Waals surface area contributed by atoms with Crippen molar-refractivity contribution in [1.82, 2.24) is 20.2 Å². The molecule has 0 spiro atoms. The summed E-state index contributed by atoms with van der Waals surface area (Å²) in [6.45, 7) is 4.45. The third-order valence-electron chi connectivity index (χ3n) is 6.20. The molecular weight excluding hydrogens is 413 g/mol. The van der Waals surface area contributed by atoms with Gasteiger partial charge in [-0.2, -0.15) is 4.39 Å². The summed E-state index contributed by atoms with van der Waals surface area (Å²) in [5.74, 6) is -1.04. The second-order valence-electron chi connectivity index (χ2n) is 8.13. The Labute approximate surface area is 184 Å². The Kier molecular flexibility index (Phi) is 5.36. The van der Waals surface area contributed by atoms with Gasteiger partial charge in [-0.15, -0.1) is 0 Å². The number of piperazine rings is 1. The summed E-state index contributed by atoms with van der Waals surface area (Å²) >= 11 is 0. The number of carbonyl (C=O) groups excluding carboxylic acids is 1. The molecule has 2 aliphatic rings. The van der Waals surface area contributed by atoms with Crippen molar-refractivity contribution in [3.05, 3.63) is 69.0 Å². The van der Waals surface area contributed by atoms with E-state index in [1.165, 1.54) is 7.05 Å². The van der Waals surface area contributed by atoms with Crippen molar-refractivity contribution < 1.29 is 13.9 Å². The quantitative estimate of drug-likeness (QED) is 0.605. The number of nitrogens with zero attached hydrogens (tertiary/aromatic N) is 3. The number of nitrogens with one attached hydrogen (secondary N) is 2. The first-order valence-corrected chi connectivity index (χ1v) is 10.6. The molecule has 5 rings (SSSR count). The molecule has 0 aliphatic carbocycles. The fraction of sp³-hybridized carbons (Fsp3) is 0.348. The molecule has 1 fully saturated rings. The molecule has 166 valence electrons. The first-order valence-electron chi connectivity index (χ1n) is 10.6. The van der Waals surface area contributed by atoms with Gasteiger partial charge in [-0.25, -0.2) is 4.98 Å². The molecule has 1 aromatic carbocycles. The van der Waals surface area contributed by atoms with Gasteiger partial charge in [0.05, 0.1) is 18.9 Å². The van der Waals surface area contributed by atoms with Crippen LogP contribution in [-0.2, 0) is 24.5 Å². The number of ether oxygens (including phenoxy) is 1. The van der Waals surface area contributed by atoms with Crippen molar-refractivity contribution in [2.24, 2.45) is 0 Å². The molecule has 1 saturated heterocycles. The SMILES string of the molecule is CNC(=O)c1ccc(N2CCN(Cc3ccc4c5c(c(=O)[nH]c4c3)COC5)CC2)c(F)n1. The maximum atomic E-state index is 14.5. The van der Waals surface area contributed by atoms with Gasteiger partial charge in [0.25, 0.3) is 11.5 Å². The van der Waals surface area contributed by atoms with E-state index in [0.717, 1.165) is 47.2 Å². The molecule has 8 nitrogen and oxygen atoms in total. The van der Waals surface area contributed by atoms with Crippen LogP contribution in [0.4, 0.5) is 10.1 Å². The summed E-state index contributed by atoms with van der Waals surface area (Å²) in [5.41, 5.74) is 4.07. The highest BCUT2D eigenvalue weighted by Gasteiger charge is 2.22. The lowest BCUT2D eigenvalue weighted by molar-refractivity contribution is 0.0957. The lowest BCUT2D eigenvalue weighted by atomic mass is 10.0. The molecule has 2 N–H and O–H groups in total. The number of carbonyl (C=O) groups is 1. The van der Waals surface area contributed by atoms with E-state index in [-0.39, 0.29) is 11.3 Å². The van der Waals surface area contributed by atoms with Crippen LogP contribution < -0.4 is 15.8 Å². The number of aromatic amines is 1. The zero-order chi connectivity index (χ0) is 22.2. The van der Waals surface area contributed by atoms with Crippen molar-refractivity contribution in [2.75, 3.05) is 38.1 Å². The second-order valence-corrected chi connectivity index (χ2v) is 8.13. The minimum absolute atomic E-state index is 0.0685. The molecule has 9 heteroatoms. The van der Waals surface area contributed by atoms with Crippen molar-refractivity contribution in [3.63, 3.8) is 0 Å². The van der Waals surface area contributed by atoms with E-state index < -0.39 is 11.9 Å². The smallest absolute Gasteiger partial charge is 0.269 e. The Hall–Kier alpha value is -3.30. The molecular formula is C23H24FN5O3. The van der Waals surface area contributed by atoms with E-state index in [2.05, 4.69) is 32.3 Å². The minimum Gasteiger partial charge on any atom is -0.372 e. The zero-order valence-corrected chi connectivity index (χ0v) is 17.8. The van der Waals surface area contributed by atoms with Gasteiger partial charge in [0.2, 0.25) is 5.95 Å². The maximum absolute atomic E-state index is 14.5. The van der Waals surface area contributed by atoms with Crippen LogP contribution in [0.3, 0.4) is 0 Å². The van der Waals surface area contributed by atoms with Gasteiger partial charge in [0.1, 0.15) is 5.69 Å². The molecule has 0 bridgehead atoms. The summed E-state index contributed by atoms with van der Waals surface area (Å²) in [6.07, 6.45) is 0. The van der Waals surface area contributed by atoms with Crippen LogP contribution in [0.25, 0.3) is 10.9 Å². The monoisotopic (exact) mass is 437 g/mol. The molecule has 2 aromatic heterocycles. The molecule has 1 amide bonds. The number of rotatable bonds is 4. The molecule has 4 heterocycles. The number of amides is 1. The summed E-state index contributed by atoms with van der Waals surface area (Å²) in [4.78, 5) is 35.0. The van der Waals surface area contributed by atoms with E-state index >= 15 is 0 Å².